The Morgan fingerprint density at radius 3 is 2.73 bits per heavy atom. The first-order valence-electron chi connectivity index (χ1n) is 11.8. The number of imidazole rings is 1. The number of amides is 2. The molecule has 0 saturated carbocycles. The van der Waals surface area contributed by atoms with E-state index in [2.05, 4.69) is 25.3 Å². The SMILES string of the molecule is COc1cc(CNC(=O)c2csc(CCN(Cc3nc4ccccc4[nH]3)C(=O)OC(C)(C)C)n2)ccn1. The van der Waals surface area contributed by atoms with Gasteiger partial charge < -0.3 is 24.7 Å². The van der Waals surface area contributed by atoms with Gasteiger partial charge in [0.1, 0.15) is 17.1 Å². The largest absolute Gasteiger partial charge is 0.481 e. The molecule has 4 aromatic rings. The van der Waals surface area contributed by atoms with Gasteiger partial charge in [-0.25, -0.2) is 19.7 Å². The molecule has 0 radical (unpaired) electrons. The fourth-order valence-electron chi connectivity index (χ4n) is 3.53. The highest BCUT2D eigenvalue weighted by molar-refractivity contribution is 7.09. The van der Waals surface area contributed by atoms with E-state index in [1.807, 2.05) is 51.1 Å². The van der Waals surface area contributed by atoms with Crippen LogP contribution in [0.2, 0.25) is 0 Å². The van der Waals surface area contributed by atoms with Crippen molar-refractivity contribution in [2.75, 3.05) is 13.7 Å². The number of rotatable bonds is 9. The number of pyridine rings is 1. The molecule has 10 nitrogen and oxygen atoms in total. The lowest BCUT2D eigenvalue weighted by Crippen LogP contribution is -2.37. The number of H-pyrrole nitrogens is 1. The fourth-order valence-corrected chi connectivity index (χ4v) is 4.30. The monoisotopic (exact) mass is 522 g/mol. The minimum absolute atomic E-state index is 0.262. The van der Waals surface area contributed by atoms with E-state index in [1.165, 1.54) is 11.3 Å². The normalized spacial score (nSPS) is 11.4. The number of nitrogens with one attached hydrogen (secondary N) is 2. The zero-order valence-corrected chi connectivity index (χ0v) is 22.1. The number of nitrogens with zero attached hydrogens (tertiary/aromatic N) is 4. The third-order valence-corrected chi connectivity index (χ3v) is 6.18. The summed E-state index contributed by atoms with van der Waals surface area (Å²) >= 11 is 1.38. The average Bonchev–Trinajstić information content (AvgIpc) is 3.51. The summed E-state index contributed by atoms with van der Waals surface area (Å²) in [6, 6.07) is 11.3. The molecule has 2 amide bonds. The summed E-state index contributed by atoms with van der Waals surface area (Å²) in [6.45, 7) is 6.44. The molecule has 2 N–H and O–H groups in total. The minimum Gasteiger partial charge on any atom is -0.481 e. The smallest absolute Gasteiger partial charge is 0.410 e. The van der Waals surface area contributed by atoms with E-state index in [9.17, 15) is 9.59 Å². The predicted molar refractivity (Wildman–Crippen MR) is 141 cm³/mol. The molecule has 194 valence electrons. The maximum absolute atomic E-state index is 12.9. The Kier molecular flexibility index (Phi) is 8.02. The molecular formula is C26H30N6O4S. The number of methoxy groups -OCH3 is 1. The van der Waals surface area contributed by atoms with Crippen molar-refractivity contribution in [3.05, 3.63) is 70.1 Å². The Bertz CT molecular complexity index is 1340. The van der Waals surface area contributed by atoms with Gasteiger partial charge in [0.2, 0.25) is 5.88 Å². The first-order chi connectivity index (χ1) is 17.7. The van der Waals surface area contributed by atoms with Gasteiger partial charge in [-0.15, -0.1) is 11.3 Å². The Balaban J connectivity index is 1.39. The van der Waals surface area contributed by atoms with Gasteiger partial charge in [0, 0.05) is 37.2 Å². The van der Waals surface area contributed by atoms with Crippen LogP contribution >= 0.6 is 11.3 Å². The molecule has 3 heterocycles. The molecule has 0 fully saturated rings. The van der Waals surface area contributed by atoms with Crippen molar-refractivity contribution in [2.45, 2.75) is 45.9 Å². The van der Waals surface area contributed by atoms with Gasteiger partial charge in [-0.3, -0.25) is 4.79 Å². The maximum atomic E-state index is 12.9. The summed E-state index contributed by atoms with van der Waals surface area (Å²) in [7, 11) is 1.54. The van der Waals surface area contributed by atoms with Gasteiger partial charge in [0.15, 0.2) is 0 Å². The summed E-state index contributed by atoms with van der Waals surface area (Å²) in [5, 5.41) is 5.32. The van der Waals surface area contributed by atoms with E-state index in [1.54, 1.807) is 29.7 Å². The van der Waals surface area contributed by atoms with Crippen LogP contribution in [0.3, 0.4) is 0 Å². The molecule has 0 bridgehead atoms. The van der Waals surface area contributed by atoms with Gasteiger partial charge in [-0.1, -0.05) is 12.1 Å². The Morgan fingerprint density at radius 2 is 1.97 bits per heavy atom. The lowest BCUT2D eigenvalue weighted by molar-refractivity contribution is 0.0231. The molecule has 0 aliphatic heterocycles. The van der Waals surface area contributed by atoms with Crippen molar-refractivity contribution in [3.8, 4) is 5.88 Å². The maximum Gasteiger partial charge on any atom is 0.410 e. The highest BCUT2D eigenvalue weighted by Gasteiger charge is 2.24. The molecule has 4 rings (SSSR count). The second kappa shape index (κ2) is 11.4. The van der Waals surface area contributed by atoms with Crippen molar-refractivity contribution in [2.24, 2.45) is 0 Å². The van der Waals surface area contributed by atoms with E-state index in [-0.39, 0.29) is 12.5 Å². The summed E-state index contributed by atoms with van der Waals surface area (Å²) in [5.74, 6) is 0.878. The lowest BCUT2D eigenvalue weighted by Gasteiger charge is -2.26. The second-order valence-corrected chi connectivity index (χ2v) is 10.3. The summed E-state index contributed by atoms with van der Waals surface area (Å²) < 4.78 is 10.7. The summed E-state index contributed by atoms with van der Waals surface area (Å²) in [6.07, 6.45) is 1.66. The average molecular weight is 523 g/mol. The molecule has 0 aliphatic carbocycles. The zero-order chi connectivity index (χ0) is 26.4. The molecule has 3 aromatic heterocycles. The van der Waals surface area contributed by atoms with Gasteiger partial charge in [-0.2, -0.15) is 0 Å². The van der Waals surface area contributed by atoms with Crippen LogP contribution < -0.4 is 10.1 Å². The third kappa shape index (κ3) is 7.26. The highest BCUT2D eigenvalue weighted by atomic mass is 32.1. The Labute approximate surface area is 219 Å². The van der Waals surface area contributed by atoms with Gasteiger partial charge >= 0.3 is 6.09 Å². The lowest BCUT2D eigenvalue weighted by atomic mass is 10.2. The summed E-state index contributed by atoms with van der Waals surface area (Å²) in [5.41, 5.74) is 2.32. The van der Waals surface area contributed by atoms with Crippen molar-refractivity contribution in [1.29, 1.82) is 0 Å². The number of thiazole rings is 1. The van der Waals surface area contributed by atoms with Crippen LogP contribution in [-0.2, 0) is 24.2 Å². The van der Waals surface area contributed by atoms with E-state index >= 15 is 0 Å². The van der Waals surface area contributed by atoms with Crippen LogP contribution in [0.15, 0.2) is 48.0 Å². The molecule has 1 aromatic carbocycles. The highest BCUT2D eigenvalue weighted by Crippen LogP contribution is 2.17. The number of aromatic amines is 1. The van der Waals surface area contributed by atoms with Crippen LogP contribution in [0.1, 0.15) is 47.7 Å². The second-order valence-electron chi connectivity index (χ2n) is 9.37. The Morgan fingerprint density at radius 1 is 1.16 bits per heavy atom. The number of hydrogen-bond acceptors (Lipinski definition) is 8. The quantitative estimate of drug-likeness (QED) is 0.335. The predicted octanol–water partition coefficient (Wildman–Crippen LogP) is 4.33. The van der Waals surface area contributed by atoms with Crippen LogP contribution in [0.4, 0.5) is 4.79 Å². The molecule has 0 spiro atoms. The molecule has 0 atom stereocenters. The van der Waals surface area contributed by atoms with Crippen LogP contribution in [0.5, 0.6) is 5.88 Å². The molecule has 0 unspecified atom stereocenters. The van der Waals surface area contributed by atoms with Crippen LogP contribution in [0, 0.1) is 0 Å². The summed E-state index contributed by atoms with van der Waals surface area (Å²) in [4.78, 5) is 43.5. The van der Waals surface area contributed by atoms with E-state index in [0.717, 1.165) is 21.6 Å². The minimum atomic E-state index is -0.630. The molecule has 37 heavy (non-hydrogen) atoms. The van der Waals surface area contributed by atoms with Gasteiger partial charge in [-0.05, 0) is 44.5 Å². The molecule has 11 heteroatoms. The number of ether oxygens (including phenoxy) is 2. The van der Waals surface area contributed by atoms with Crippen molar-refractivity contribution >= 4 is 34.4 Å². The van der Waals surface area contributed by atoms with Crippen molar-refractivity contribution in [1.82, 2.24) is 30.2 Å². The first kappa shape index (κ1) is 26.1. The standard InChI is InChI=1S/C26H30N6O4S/c1-26(2,3)36-25(34)32(15-21-29-18-7-5-6-8-19(18)30-21)12-10-23-31-20(16-37-23)24(33)28-14-17-9-11-27-22(13-17)35-4/h5-9,11,13,16H,10,12,14-15H2,1-4H3,(H,28,33)(H,29,30). The Hall–Kier alpha value is -3.99. The van der Waals surface area contributed by atoms with E-state index in [0.29, 0.717) is 36.9 Å². The zero-order valence-electron chi connectivity index (χ0n) is 21.3. The number of carbonyl (C=O) groups is 2. The fraction of sp³-hybridized carbons (Fsp3) is 0.346. The van der Waals surface area contributed by atoms with Crippen molar-refractivity contribution in [3.63, 3.8) is 0 Å². The third-order valence-electron chi connectivity index (χ3n) is 5.27. The first-order valence-corrected chi connectivity index (χ1v) is 12.7. The molecular weight excluding hydrogens is 492 g/mol. The topological polar surface area (TPSA) is 122 Å². The van der Waals surface area contributed by atoms with Gasteiger partial charge in [0.05, 0.1) is 29.7 Å². The van der Waals surface area contributed by atoms with E-state index < -0.39 is 11.7 Å². The van der Waals surface area contributed by atoms with Crippen LogP contribution in [-0.4, -0.2) is 56.1 Å². The molecule has 0 saturated heterocycles. The molecule has 0 aliphatic rings. The number of carbonyl (C=O) groups excluding carboxylic acids is 2. The number of hydrogen-bond donors (Lipinski definition) is 2. The number of fused-ring (bicyclic) bond motifs is 1. The number of benzene rings is 1. The van der Waals surface area contributed by atoms with E-state index in [4.69, 9.17) is 9.47 Å². The van der Waals surface area contributed by atoms with Crippen molar-refractivity contribution < 1.29 is 19.1 Å². The number of aromatic nitrogens is 4. The van der Waals surface area contributed by atoms with Gasteiger partial charge in [0.25, 0.3) is 5.91 Å². The van der Waals surface area contributed by atoms with Crippen LogP contribution in [0.25, 0.3) is 11.0 Å². The number of para-hydroxylation sites is 2.